The fraction of sp³-hybridized carbons (Fsp3) is 0.619. The van der Waals surface area contributed by atoms with Crippen LogP contribution in [0.5, 0.6) is 0 Å². The lowest BCUT2D eigenvalue weighted by Crippen LogP contribution is -2.41. The summed E-state index contributed by atoms with van der Waals surface area (Å²) in [6, 6.07) is 8.44. The lowest BCUT2D eigenvalue weighted by Gasteiger charge is -2.28. The largest absolute Gasteiger partial charge is 0.465 e. The molecule has 0 atom stereocenters. The highest BCUT2D eigenvalue weighted by Crippen LogP contribution is 2.19. The fourth-order valence-electron chi connectivity index (χ4n) is 2.51. The molecule has 0 aromatic heterocycles. The minimum atomic E-state index is -1.21. The van der Waals surface area contributed by atoms with Crippen molar-refractivity contribution in [1.82, 2.24) is 0 Å². The van der Waals surface area contributed by atoms with Gasteiger partial charge in [-0.3, -0.25) is 4.79 Å². The monoisotopic (exact) mass is 380 g/mol. The smallest absolute Gasteiger partial charge is 0.338 e. The van der Waals surface area contributed by atoms with Gasteiger partial charge in [0.05, 0.1) is 24.2 Å². The van der Waals surface area contributed by atoms with Crippen molar-refractivity contribution in [3.8, 4) is 0 Å². The third kappa shape index (κ3) is 9.02. The van der Waals surface area contributed by atoms with E-state index in [1.165, 1.54) is 19.3 Å². The fourth-order valence-corrected chi connectivity index (χ4v) is 2.51. The van der Waals surface area contributed by atoms with Gasteiger partial charge in [-0.05, 0) is 18.6 Å². The van der Waals surface area contributed by atoms with Crippen molar-refractivity contribution < 1.29 is 29.3 Å². The SMILES string of the molecule is CCCCCCCCC(=O)OCC(CO)(CO)COC(=O)c1ccccc1. The lowest BCUT2D eigenvalue weighted by molar-refractivity contribution is -0.151. The van der Waals surface area contributed by atoms with Gasteiger partial charge in [0.2, 0.25) is 0 Å². The van der Waals surface area contributed by atoms with Crippen molar-refractivity contribution in [2.45, 2.75) is 51.9 Å². The van der Waals surface area contributed by atoms with Gasteiger partial charge in [-0.2, -0.15) is 0 Å². The van der Waals surface area contributed by atoms with Crippen LogP contribution in [0, 0.1) is 5.41 Å². The Bertz CT molecular complexity index is 539. The molecule has 2 N–H and O–H groups in total. The number of unbranched alkanes of at least 4 members (excludes halogenated alkanes) is 5. The first-order valence-corrected chi connectivity index (χ1v) is 9.66. The van der Waals surface area contributed by atoms with E-state index in [-0.39, 0.29) is 19.2 Å². The molecule has 0 radical (unpaired) electrons. The van der Waals surface area contributed by atoms with Gasteiger partial charge in [-0.25, -0.2) is 4.79 Å². The predicted octanol–water partition coefficient (Wildman–Crippen LogP) is 3.11. The highest BCUT2D eigenvalue weighted by molar-refractivity contribution is 5.89. The lowest BCUT2D eigenvalue weighted by atomic mass is 9.92. The molecule has 1 rings (SSSR count). The second kappa shape index (κ2) is 13.3. The molecule has 0 aliphatic heterocycles. The summed E-state index contributed by atoms with van der Waals surface area (Å²) in [6.45, 7) is 0.795. The number of esters is 2. The highest BCUT2D eigenvalue weighted by Gasteiger charge is 2.33. The maximum atomic E-state index is 12.0. The van der Waals surface area contributed by atoms with E-state index in [2.05, 4.69) is 6.92 Å². The number of aliphatic hydroxyl groups excluding tert-OH is 2. The van der Waals surface area contributed by atoms with Crippen LogP contribution in [0.1, 0.15) is 62.2 Å². The third-order valence-corrected chi connectivity index (χ3v) is 4.46. The van der Waals surface area contributed by atoms with Gasteiger partial charge >= 0.3 is 11.9 Å². The Balaban J connectivity index is 2.38. The molecule has 6 nitrogen and oxygen atoms in total. The van der Waals surface area contributed by atoms with E-state index < -0.39 is 24.6 Å². The quantitative estimate of drug-likeness (QED) is 0.380. The number of carbonyl (C=O) groups is 2. The van der Waals surface area contributed by atoms with Gasteiger partial charge < -0.3 is 19.7 Å². The average molecular weight is 380 g/mol. The summed E-state index contributed by atoms with van der Waals surface area (Å²) in [7, 11) is 0. The van der Waals surface area contributed by atoms with Crippen molar-refractivity contribution in [2.24, 2.45) is 5.41 Å². The molecule has 6 heteroatoms. The van der Waals surface area contributed by atoms with Gasteiger partial charge in [0.15, 0.2) is 0 Å². The van der Waals surface area contributed by atoms with Crippen LogP contribution < -0.4 is 0 Å². The van der Waals surface area contributed by atoms with E-state index in [9.17, 15) is 19.8 Å². The molecule has 1 aromatic rings. The van der Waals surface area contributed by atoms with E-state index in [1.807, 2.05) is 0 Å². The van der Waals surface area contributed by atoms with Gasteiger partial charge in [0.1, 0.15) is 13.2 Å². The van der Waals surface area contributed by atoms with Crippen LogP contribution in [-0.2, 0) is 14.3 Å². The molecule has 0 saturated carbocycles. The van der Waals surface area contributed by atoms with E-state index >= 15 is 0 Å². The van der Waals surface area contributed by atoms with Crippen molar-refractivity contribution >= 4 is 11.9 Å². The van der Waals surface area contributed by atoms with Gasteiger partial charge in [0.25, 0.3) is 0 Å². The summed E-state index contributed by atoms with van der Waals surface area (Å²) >= 11 is 0. The predicted molar refractivity (Wildman–Crippen MR) is 102 cm³/mol. The molecule has 0 spiro atoms. The molecule has 0 fully saturated rings. The molecular weight excluding hydrogens is 348 g/mol. The number of ether oxygens (including phenoxy) is 2. The van der Waals surface area contributed by atoms with Crippen molar-refractivity contribution in [2.75, 3.05) is 26.4 Å². The van der Waals surface area contributed by atoms with Crippen LogP contribution in [0.2, 0.25) is 0 Å². The Hall–Kier alpha value is -1.92. The molecule has 0 saturated heterocycles. The van der Waals surface area contributed by atoms with Crippen LogP contribution in [0.3, 0.4) is 0 Å². The molecule has 0 aliphatic carbocycles. The van der Waals surface area contributed by atoms with E-state index in [1.54, 1.807) is 30.3 Å². The molecule has 0 bridgehead atoms. The molecule has 0 unspecified atom stereocenters. The minimum Gasteiger partial charge on any atom is -0.465 e. The summed E-state index contributed by atoms with van der Waals surface area (Å²) in [5.74, 6) is -0.925. The summed E-state index contributed by atoms with van der Waals surface area (Å²) in [5, 5.41) is 19.3. The summed E-state index contributed by atoms with van der Waals surface area (Å²) in [5.41, 5.74) is -0.830. The van der Waals surface area contributed by atoms with Crippen LogP contribution >= 0.6 is 0 Å². The summed E-state index contributed by atoms with van der Waals surface area (Å²) < 4.78 is 10.4. The molecule has 1 aromatic carbocycles. The molecule has 0 aliphatic rings. The zero-order chi connectivity index (χ0) is 20.0. The highest BCUT2D eigenvalue weighted by atomic mass is 16.5. The van der Waals surface area contributed by atoms with Crippen molar-refractivity contribution in [3.05, 3.63) is 35.9 Å². The average Bonchev–Trinajstić information content (AvgIpc) is 2.71. The first-order valence-electron chi connectivity index (χ1n) is 9.66. The number of carbonyl (C=O) groups excluding carboxylic acids is 2. The van der Waals surface area contributed by atoms with Crippen LogP contribution in [0.15, 0.2) is 30.3 Å². The molecule has 0 amide bonds. The molecule has 27 heavy (non-hydrogen) atoms. The molecular formula is C21H32O6. The van der Waals surface area contributed by atoms with Crippen molar-refractivity contribution in [3.63, 3.8) is 0 Å². The second-order valence-corrected chi connectivity index (χ2v) is 6.94. The zero-order valence-corrected chi connectivity index (χ0v) is 16.2. The van der Waals surface area contributed by atoms with E-state index in [4.69, 9.17) is 9.47 Å². The Kier molecular flexibility index (Phi) is 11.4. The normalized spacial score (nSPS) is 11.2. The second-order valence-electron chi connectivity index (χ2n) is 6.94. The van der Waals surface area contributed by atoms with Crippen LogP contribution in [0.4, 0.5) is 0 Å². The van der Waals surface area contributed by atoms with Crippen LogP contribution in [-0.4, -0.2) is 48.6 Å². The Morgan fingerprint density at radius 2 is 1.48 bits per heavy atom. The number of hydrogen-bond donors (Lipinski definition) is 2. The Morgan fingerprint density at radius 3 is 2.11 bits per heavy atom. The maximum absolute atomic E-state index is 12.0. The van der Waals surface area contributed by atoms with Gasteiger partial charge in [-0.15, -0.1) is 0 Å². The standard InChI is InChI=1S/C21H32O6/c1-2-3-4-5-6-10-13-19(24)26-16-21(14-22,15-23)17-27-20(25)18-11-8-7-9-12-18/h7-9,11-12,22-23H,2-6,10,13-17H2,1H3. The first kappa shape index (κ1) is 23.1. The zero-order valence-electron chi connectivity index (χ0n) is 16.2. The topological polar surface area (TPSA) is 93.1 Å². The van der Waals surface area contributed by atoms with E-state index in [0.717, 1.165) is 19.3 Å². The van der Waals surface area contributed by atoms with Gasteiger partial charge in [-0.1, -0.05) is 57.2 Å². The molecule has 0 heterocycles. The van der Waals surface area contributed by atoms with Crippen molar-refractivity contribution in [1.29, 1.82) is 0 Å². The minimum absolute atomic E-state index is 0.198. The van der Waals surface area contributed by atoms with Crippen LogP contribution in [0.25, 0.3) is 0 Å². The Labute approximate surface area is 161 Å². The summed E-state index contributed by atoms with van der Waals surface area (Å²) in [6.07, 6.45) is 6.72. The summed E-state index contributed by atoms with van der Waals surface area (Å²) in [4.78, 5) is 23.9. The number of aliphatic hydroxyl groups is 2. The third-order valence-electron chi connectivity index (χ3n) is 4.46. The maximum Gasteiger partial charge on any atom is 0.338 e. The van der Waals surface area contributed by atoms with E-state index in [0.29, 0.717) is 12.0 Å². The first-order chi connectivity index (χ1) is 13.1. The number of hydrogen-bond acceptors (Lipinski definition) is 6. The molecule has 152 valence electrons. The van der Waals surface area contributed by atoms with Gasteiger partial charge in [0, 0.05) is 6.42 Å². The Morgan fingerprint density at radius 1 is 0.889 bits per heavy atom. The number of rotatable bonds is 14. The number of benzene rings is 1.